The van der Waals surface area contributed by atoms with Crippen LogP contribution in [-0.2, 0) is 6.42 Å². The molecule has 1 aliphatic rings. The lowest BCUT2D eigenvalue weighted by Gasteiger charge is -2.34. The normalized spacial score (nSPS) is 18.6. The Balaban J connectivity index is 2.19. The van der Waals surface area contributed by atoms with Crippen molar-refractivity contribution in [2.45, 2.75) is 31.4 Å². The van der Waals surface area contributed by atoms with Crippen LogP contribution in [0.5, 0.6) is 0 Å². The van der Waals surface area contributed by atoms with Gasteiger partial charge in [-0.25, -0.2) is 4.39 Å². The van der Waals surface area contributed by atoms with Crippen molar-refractivity contribution in [3.8, 4) is 0 Å². The lowest BCUT2D eigenvalue weighted by molar-refractivity contribution is 0.0639. The third kappa shape index (κ3) is 1.69. The number of aldehydes is 1. The van der Waals surface area contributed by atoms with Gasteiger partial charge in [0.25, 0.3) is 0 Å². The number of rotatable bonds is 3. The summed E-state index contributed by atoms with van der Waals surface area (Å²) < 4.78 is 13.8. The molecule has 2 rings (SSSR count). The summed E-state index contributed by atoms with van der Waals surface area (Å²) in [6.07, 6.45) is 3.44. The molecule has 1 aromatic rings. The van der Waals surface area contributed by atoms with Gasteiger partial charge < -0.3 is 0 Å². The predicted octanol–water partition coefficient (Wildman–Crippen LogP) is 2.93. The largest absolute Gasteiger partial charge is 0.298 e. The third-order valence-electron chi connectivity index (χ3n) is 2.94. The molecule has 14 heavy (non-hydrogen) atoms. The van der Waals surface area contributed by atoms with E-state index in [1.54, 1.807) is 12.1 Å². The van der Waals surface area contributed by atoms with E-state index in [4.69, 9.17) is 0 Å². The molecule has 0 atom stereocenters. The number of halogens is 1. The van der Waals surface area contributed by atoms with Crippen molar-refractivity contribution in [3.05, 3.63) is 35.4 Å². The monoisotopic (exact) mass is 192 g/mol. The second-order valence-corrected chi connectivity index (χ2v) is 4.00. The van der Waals surface area contributed by atoms with Crippen LogP contribution in [0.2, 0.25) is 0 Å². The molecule has 1 aromatic carbocycles. The summed E-state index contributed by atoms with van der Waals surface area (Å²) in [6, 6.07) is 7.23. The number of benzene rings is 1. The van der Waals surface area contributed by atoms with E-state index in [2.05, 4.69) is 0 Å². The molecule has 0 bridgehead atoms. The summed E-state index contributed by atoms with van der Waals surface area (Å²) in [5.41, 5.74) is 0.417. The Morgan fingerprint density at radius 2 is 2.07 bits per heavy atom. The van der Waals surface area contributed by atoms with Crippen molar-refractivity contribution >= 4 is 6.29 Å². The molecule has 0 amide bonds. The van der Waals surface area contributed by atoms with Gasteiger partial charge in [-0.1, -0.05) is 24.3 Å². The minimum absolute atomic E-state index is 0.391. The molecule has 0 heterocycles. The van der Waals surface area contributed by atoms with Crippen LogP contribution >= 0.6 is 0 Å². The van der Waals surface area contributed by atoms with E-state index in [-0.39, 0.29) is 0 Å². The lowest BCUT2D eigenvalue weighted by atomic mass is 9.77. The van der Waals surface area contributed by atoms with E-state index in [0.29, 0.717) is 24.8 Å². The van der Waals surface area contributed by atoms with Gasteiger partial charge in [-0.15, -0.1) is 0 Å². The molecular formula is C12H13FO. The van der Waals surface area contributed by atoms with E-state index < -0.39 is 5.67 Å². The second kappa shape index (κ2) is 3.52. The van der Waals surface area contributed by atoms with Gasteiger partial charge in [-0.05, 0) is 24.8 Å². The number of alkyl halides is 1. The van der Waals surface area contributed by atoms with Gasteiger partial charge in [0.1, 0.15) is 12.0 Å². The molecule has 1 fully saturated rings. The Kier molecular flexibility index (Phi) is 2.36. The summed E-state index contributed by atoms with van der Waals surface area (Å²) in [5, 5.41) is 0. The molecule has 0 N–H and O–H groups in total. The highest BCUT2D eigenvalue weighted by molar-refractivity contribution is 5.77. The first-order chi connectivity index (χ1) is 6.73. The van der Waals surface area contributed by atoms with Crippen LogP contribution in [0.3, 0.4) is 0 Å². The number of carbonyl (C=O) groups is 1. The molecule has 0 radical (unpaired) electrons. The summed E-state index contributed by atoms with van der Waals surface area (Å²) >= 11 is 0. The van der Waals surface area contributed by atoms with Crippen LogP contribution in [0.1, 0.15) is 35.2 Å². The molecule has 0 unspecified atom stereocenters. The number of hydrogen-bond acceptors (Lipinski definition) is 1. The molecule has 0 aromatic heterocycles. The quantitative estimate of drug-likeness (QED) is 0.673. The van der Waals surface area contributed by atoms with Gasteiger partial charge in [0.15, 0.2) is 0 Å². The number of carbonyl (C=O) groups excluding carboxylic acids is 1. The zero-order valence-electron chi connectivity index (χ0n) is 8.00. The topological polar surface area (TPSA) is 17.1 Å². The highest BCUT2D eigenvalue weighted by Crippen LogP contribution is 2.38. The van der Waals surface area contributed by atoms with Gasteiger partial charge >= 0.3 is 0 Å². The van der Waals surface area contributed by atoms with Crippen LogP contribution < -0.4 is 0 Å². The molecule has 1 aliphatic carbocycles. The SMILES string of the molecule is O=Cc1ccccc1CC1(F)CCC1. The Bertz CT molecular complexity index is 342. The van der Waals surface area contributed by atoms with Crippen molar-refractivity contribution < 1.29 is 9.18 Å². The summed E-state index contributed by atoms with van der Waals surface area (Å²) in [6.45, 7) is 0. The fourth-order valence-electron chi connectivity index (χ4n) is 1.89. The second-order valence-electron chi connectivity index (χ2n) is 4.00. The van der Waals surface area contributed by atoms with Crippen molar-refractivity contribution in [1.82, 2.24) is 0 Å². The standard InChI is InChI=1S/C12H13FO/c13-12(6-3-7-12)8-10-4-1-2-5-11(10)9-14/h1-2,4-5,9H,3,6-8H2. The highest BCUT2D eigenvalue weighted by Gasteiger charge is 2.37. The Hall–Kier alpha value is -1.18. The van der Waals surface area contributed by atoms with Gasteiger partial charge in [-0.2, -0.15) is 0 Å². The minimum atomic E-state index is -1.04. The third-order valence-corrected chi connectivity index (χ3v) is 2.94. The molecule has 0 spiro atoms. The minimum Gasteiger partial charge on any atom is -0.298 e. The van der Waals surface area contributed by atoms with Gasteiger partial charge in [0.2, 0.25) is 0 Å². The van der Waals surface area contributed by atoms with E-state index in [1.807, 2.05) is 12.1 Å². The van der Waals surface area contributed by atoms with Gasteiger partial charge in [-0.3, -0.25) is 4.79 Å². The van der Waals surface area contributed by atoms with Crippen molar-refractivity contribution in [2.75, 3.05) is 0 Å². The molecule has 1 nitrogen and oxygen atoms in total. The maximum absolute atomic E-state index is 13.8. The van der Waals surface area contributed by atoms with E-state index in [1.165, 1.54) is 0 Å². The molecule has 0 aliphatic heterocycles. The predicted molar refractivity (Wildman–Crippen MR) is 53.2 cm³/mol. The Morgan fingerprint density at radius 3 is 2.64 bits per heavy atom. The van der Waals surface area contributed by atoms with Crippen LogP contribution in [0, 0.1) is 0 Å². The van der Waals surface area contributed by atoms with E-state index in [0.717, 1.165) is 18.3 Å². The first-order valence-corrected chi connectivity index (χ1v) is 4.95. The number of hydrogen-bond donors (Lipinski definition) is 0. The lowest BCUT2D eigenvalue weighted by Crippen LogP contribution is -2.34. The van der Waals surface area contributed by atoms with Crippen LogP contribution in [-0.4, -0.2) is 12.0 Å². The maximum Gasteiger partial charge on any atom is 0.150 e. The van der Waals surface area contributed by atoms with Crippen LogP contribution in [0.4, 0.5) is 4.39 Å². The summed E-state index contributed by atoms with van der Waals surface area (Å²) in [7, 11) is 0. The van der Waals surface area contributed by atoms with E-state index >= 15 is 0 Å². The summed E-state index contributed by atoms with van der Waals surface area (Å²) in [5.74, 6) is 0. The fourth-order valence-corrected chi connectivity index (χ4v) is 1.89. The highest BCUT2D eigenvalue weighted by atomic mass is 19.1. The van der Waals surface area contributed by atoms with Crippen LogP contribution in [0.25, 0.3) is 0 Å². The molecular weight excluding hydrogens is 179 g/mol. The first kappa shape index (κ1) is 9.38. The van der Waals surface area contributed by atoms with Crippen molar-refractivity contribution in [2.24, 2.45) is 0 Å². The Morgan fingerprint density at radius 1 is 1.36 bits per heavy atom. The zero-order valence-corrected chi connectivity index (χ0v) is 8.00. The van der Waals surface area contributed by atoms with Gasteiger partial charge in [0, 0.05) is 12.0 Å². The zero-order chi connectivity index (χ0) is 10.0. The first-order valence-electron chi connectivity index (χ1n) is 4.95. The van der Waals surface area contributed by atoms with E-state index in [9.17, 15) is 9.18 Å². The Labute approximate surface area is 82.9 Å². The molecule has 74 valence electrons. The maximum atomic E-state index is 13.8. The fraction of sp³-hybridized carbons (Fsp3) is 0.417. The average Bonchev–Trinajstić information content (AvgIpc) is 2.16. The molecule has 2 heteroatoms. The van der Waals surface area contributed by atoms with Crippen molar-refractivity contribution in [1.29, 1.82) is 0 Å². The smallest absolute Gasteiger partial charge is 0.150 e. The average molecular weight is 192 g/mol. The van der Waals surface area contributed by atoms with Crippen molar-refractivity contribution in [3.63, 3.8) is 0 Å². The van der Waals surface area contributed by atoms with Gasteiger partial charge in [0.05, 0.1) is 0 Å². The summed E-state index contributed by atoms with van der Waals surface area (Å²) in [4.78, 5) is 10.7. The van der Waals surface area contributed by atoms with Crippen LogP contribution in [0.15, 0.2) is 24.3 Å². The molecule has 1 saturated carbocycles. The molecule has 0 saturated heterocycles.